The lowest BCUT2D eigenvalue weighted by atomic mass is 10.0. The zero-order chi connectivity index (χ0) is 22.1. The highest BCUT2D eigenvalue weighted by atomic mass is 16.5. The lowest BCUT2D eigenvalue weighted by Gasteiger charge is -2.23. The number of amides is 4. The average molecular weight is 411 g/mol. The average Bonchev–Trinajstić information content (AvgIpc) is 2.72. The molecule has 0 unspecified atom stereocenters. The van der Waals surface area contributed by atoms with Crippen LogP contribution >= 0.6 is 0 Å². The highest BCUT2D eigenvalue weighted by molar-refractivity contribution is 5.97. The lowest BCUT2D eigenvalue weighted by molar-refractivity contribution is -0.158. The third kappa shape index (κ3) is 6.73. The second-order valence-corrected chi connectivity index (χ2v) is 7.01. The van der Waals surface area contributed by atoms with Crippen molar-refractivity contribution < 1.29 is 23.9 Å². The van der Waals surface area contributed by atoms with E-state index in [0.717, 1.165) is 0 Å². The molecule has 0 aliphatic heterocycles. The molecule has 2 rings (SSSR count). The summed E-state index contributed by atoms with van der Waals surface area (Å²) in [6, 6.07) is 15.9. The van der Waals surface area contributed by atoms with Crippen LogP contribution in [0.4, 0.5) is 4.79 Å². The highest BCUT2D eigenvalue weighted by Gasteiger charge is 2.29. The van der Waals surface area contributed by atoms with Crippen molar-refractivity contribution >= 4 is 23.8 Å². The number of nitrogens with two attached hydrogens (primary N) is 1. The first-order valence-corrected chi connectivity index (χ1v) is 9.48. The van der Waals surface area contributed by atoms with Gasteiger partial charge in [0.05, 0.1) is 12.5 Å². The molecule has 0 aliphatic carbocycles. The number of urea groups is 1. The molecular weight excluding hydrogens is 386 g/mol. The Balaban J connectivity index is 2.14. The second-order valence-electron chi connectivity index (χ2n) is 7.01. The summed E-state index contributed by atoms with van der Waals surface area (Å²) in [4.78, 5) is 48.2. The minimum atomic E-state index is -1.19. The van der Waals surface area contributed by atoms with Crippen molar-refractivity contribution in [1.82, 2.24) is 10.6 Å². The van der Waals surface area contributed by atoms with E-state index in [1.165, 1.54) is 0 Å². The Kier molecular flexibility index (Phi) is 8.10. The van der Waals surface area contributed by atoms with Crippen LogP contribution in [0.2, 0.25) is 0 Å². The van der Waals surface area contributed by atoms with Gasteiger partial charge in [-0.3, -0.25) is 19.7 Å². The largest absolute Gasteiger partial charge is 0.452 e. The fourth-order valence-electron chi connectivity index (χ4n) is 2.81. The smallest absolute Gasteiger partial charge is 0.318 e. The van der Waals surface area contributed by atoms with Gasteiger partial charge in [0.1, 0.15) is 0 Å². The zero-order valence-electron chi connectivity index (χ0n) is 16.8. The van der Waals surface area contributed by atoms with Crippen LogP contribution in [0.15, 0.2) is 60.7 Å². The maximum Gasteiger partial charge on any atom is 0.318 e. The number of esters is 1. The molecular formula is C22H25N3O5. The number of ether oxygens (including phenoxy) is 1. The van der Waals surface area contributed by atoms with Crippen molar-refractivity contribution in [3.63, 3.8) is 0 Å². The van der Waals surface area contributed by atoms with E-state index in [0.29, 0.717) is 11.1 Å². The van der Waals surface area contributed by atoms with Gasteiger partial charge in [0.2, 0.25) is 0 Å². The Bertz CT molecular complexity index is 884. The summed E-state index contributed by atoms with van der Waals surface area (Å²) in [6.07, 6.45) is -1.39. The topological polar surface area (TPSA) is 128 Å². The van der Waals surface area contributed by atoms with Crippen molar-refractivity contribution in [2.45, 2.75) is 32.4 Å². The molecule has 0 saturated carbocycles. The van der Waals surface area contributed by atoms with Gasteiger partial charge in [-0.2, -0.15) is 0 Å². The molecule has 0 bridgehead atoms. The molecule has 0 aromatic heterocycles. The molecule has 0 aliphatic rings. The number of carbonyl (C=O) groups excluding carboxylic acids is 4. The molecule has 8 nitrogen and oxygen atoms in total. The van der Waals surface area contributed by atoms with Gasteiger partial charge >= 0.3 is 12.0 Å². The van der Waals surface area contributed by atoms with Gasteiger partial charge in [0.25, 0.3) is 11.8 Å². The van der Waals surface area contributed by atoms with E-state index in [-0.39, 0.29) is 18.2 Å². The van der Waals surface area contributed by atoms with Gasteiger partial charge in [-0.05, 0) is 23.6 Å². The van der Waals surface area contributed by atoms with Gasteiger partial charge < -0.3 is 15.8 Å². The van der Waals surface area contributed by atoms with Crippen LogP contribution in [0.25, 0.3) is 0 Å². The van der Waals surface area contributed by atoms with Gasteiger partial charge in [-0.25, -0.2) is 4.79 Å². The molecule has 0 radical (unpaired) electrons. The zero-order valence-corrected chi connectivity index (χ0v) is 16.8. The summed E-state index contributed by atoms with van der Waals surface area (Å²) in [5, 5.41) is 4.75. The molecule has 4 N–H and O–H groups in total. The molecule has 4 amide bonds. The Morgan fingerprint density at radius 2 is 1.50 bits per heavy atom. The maximum atomic E-state index is 12.6. The molecule has 158 valence electrons. The number of nitrogens with one attached hydrogen (secondary N) is 2. The van der Waals surface area contributed by atoms with E-state index in [1.54, 1.807) is 68.4 Å². The van der Waals surface area contributed by atoms with Crippen LogP contribution in [-0.4, -0.2) is 29.9 Å². The summed E-state index contributed by atoms with van der Waals surface area (Å²) in [6.45, 7) is 3.34. The Morgan fingerprint density at radius 1 is 0.933 bits per heavy atom. The van der Waals surface area contributed by atoms with E-state index >= 15 is 0 Å². The first kappa shape index (κ1) is 22.6. The van der Waals surface area contributed by atoms with Crippen LogP contribution in [0.3, 0.4) is 0 Å². The third-order valence-electron chi connectivity index (χ3n) is 4.28. The molecule has 0 saturated heterocycles. The van der Waals surface area contributed by atoms with Gasteiger partial charge in [-0.1, -0.05) is 62.4 Å². The summed E-state index contributed by atoms with van der Waals surface area (Å²) < 4.78 is 5.30. The highest BCUT2D eigenvalue weighted by Crippen LogP contribution is 2.19. The molecule has 2 aromatic carbocycles. The van der Waals surface area contributed by atoms with E-state index in [4.69, 9.17) is 10.5 Å². The van der Waals surface area contributed by atoms with Gasteiger partial charge in [0, 0.05) is 5.56 Å². The van der Waals surface area contributed by atoms with Crippen molar-refractivity contribution in [3.05, 3.63) is 71.8 Å². The normalized spacial score (nSPS) is 12.5. The minimum Gasteiger partial charge on any atom is -0.452 e. The third-order valence-corrected chi connectivity index (χ3v) is 4.28. The second kappa shape index (κ2) is 10.8. The van der Waals surface area contributed by atoms with E-state index in [1.807, 2.05) is 11.4 Å². The van der Waals surface area contributed by atoms with Crippen LogP contribution in [-0.2, 0) is 14.3 Å². The summed E-state index contributed by atoms with van der Waals surface area (Å²) in [5.74, 6) is -2.22. The van der Waals surface area contributed by atoms with E-state index in [9.17, 15) is 19.2 Å². The monoisotopic (exact) mass is 411 g/mol. The standard InChI is InChI=1S/C22H25N3O5/c1-14(2)19(21(28)25-22(23)29)30-18(26)13-17(15-9-5-3-6-10-15)24-20(27)16-11-7-4-8-12-16/h3-12,14,17,19H,13H2,1-2H3,(H,24,27)(H3,23,25,28,29)/t17-,19-/m1/s1. The van der Waals surface area contributed by atoms with Crippen molar-refractivity contribution in [2.75, 3.05) is 0 Å². The van der Waals surface area contributed by atoms with Crippen LogP contribution < -0.4 is 16.4 Å². The van der Waals surface area contributed by atoms with Crippen molar-refractivity contribution in [2.24, 2.45) is 11.7 Å². The van der Waals surface area contributed by atoms with Crippen molar-refractivity contribution in [1.29, 1.82) is 0 Å². The minimum absolute atomic E-state index is 0.199. The Labute approximate surface area is 174 Å². The van der Waals surface area contributed by atoms with E-state index in [2.05, 4.69) is 5.32 Å². The fourth-order valence-corrected chi connectivity index (χ4v) is 2.81. The van der Waals surface area contributed by atoms with Crippen LogP contribution in [0, 0.1) is 5.92 Å². The lowest BCUT2D eigenvalue weighted by Crippen LogP contribution is -2.46. The SMILES string of the molecule is CC(C)[C@@H](OC(=O)C[C@@H](NC(=O)c1ccccc1)c1ccccc1)C(=O)NC(N)=O. The molecule has 2 aromatic rings. The maximum absolute atomic E-state index is 12.6. The molecule has 0 heterocycles. The molecule has 0 spiro atoms. The summed E-state index contributed by atoms with van der Waals surface area (Å²) in [5.41, 5.74) is 6.13. The number of hydrogen-bond acceptors (Lipinski definition) is 5. The number of imide groups is 1. The Morgan fingerprint density at radius 3 is 2.03 bits per heavy atom. The summed E-state index contributed by atoms with van der Waals surface area (Å²) in [7, 11) is 0. The van der Waals surface area contributed by atoms with Crippen molar-refractivity contribution in [3.8, 4) is 0 Å². The first-order valence-electron chi connectivity index (χ1n) is 9.48. The number of primary amides is 1. The predicted molar refractivity (Wildman–Crippen MR) is 110 cm³/mol. The number of carbonyl (C=O) groups is 4. The fraction of sp³-hybridized carbons (Fsp3) is 0.273. The van der Waals surface area contributed by atoms with Crippen LogP contribution in [0.5, 0.6) is 0 Å². The van der Waals surface area contributed by atoms with Gasteiger partial charge in [0.15, 0.2) is 6.10 Å². The predicted octanol–water partition coefficient (Wildman–Crippen LogP) is 2.31. The summed E-state index contributed by atoms with van der Waals surface area (Å²) >= 11 is 0. The molecule has 8 heteroatoms. The van der Waals surface area contributed by atoms with E-state index < -0.39 is 30.1 Å². The molecule has 0 fully saturated rings. The van der Waals surface area contributed by atoms with Crippen LogP contribution in [0.1, 0.15) is 42.2 Å². The first-order chi connectivity index (χ1) is 14.3. The number of rotatable bonds is 8. The number of benzene rings is 2. The quantitative estimate of drug-likeness (QED) is 0.574. The Hall–Kier alpha value is -3.68. The van der Waals surface area contributed by atoms with Gasteiger partial charge in [-0.15, -0.1) is 0 Å². The number of hydrogen-bond donors (Lipinski definition) is 3. The molecule has 30 heavy (non-hydrogen) atoms. The molecule has 2 atom stereocenters.